The number of fused-ring (bicyclic) bond motifs is 5. The van der Waals surface area contributed by atoms with Gasteiger partial charge in [0.1, 0.15) is 12.2 Å². The molecule has 0 N–H and O–H groups in total. The normalized spacial score (nSPS) is 32.4. The first kappa shape index (κ1) is 16.5. The molecule has 3 aliphatic rings. The topological polar surface area (TPSA) is 72.9 Å². The van der Waals surface area contributed by atoms with E-state index < -0.39 is 29.5 Å². The zero-order valence-corrected chi connectivity index (χ0v) is 15.3. The van der Waals surface area contributed by atoms with Gasteiger partial charge in [-0.15, -0.1) is 0 Å². The van der Waals surface area contributed by atoms with E-state index in [-0.39, 0.29) is 18.4 Å². The summed E-state index contributed by atoms with van der Waals surface area (Å²) in [5.74, 6) is -2.27. The lowest BCUT2D eigenvalue weighted by Crippen LogP contribution is -2.44. The number of amides is 2. The third-order valence-corrected chi connectivity index (χ3v) is 5.95. The average molecular weight is 406 g/mol. The SMILES string of the molecule is CC(=O)OC[C@]12C=C[C@H](O1)[C@@H]1C(=O)N(c3ccc(Br)c(C)c3)C(=O)[C@@H]12. The Labute approximate surface area is 152 Å². The second-order valence-corrected chi connectivity index (χ2v) is 7.48. The molecule has 1 aromatic carbocycles. The van der Waals surface area contributed by atoms with Gasteiger partial charge in [0.25, 0.3) is 0 Å². The van der Waals surface area contributed by atoms with Crippen molar-refractivity contribution in [1.29, 1.82) is 0 Å². The zero-order chi connectivity index (χ0) is 17.9. The van der Waals surface area contributed by atoms with Gasteiger partial charge in [-0.3, -0.25) is 14.4 Å². The molecule has 4 atom stereocenters. The summed E-state index contributed by atoms with van der Waals surface area (Å²) in [6, 6.07) is 5.36. The summed E-state index contributed by atoms with van der Waals surface area (Å²) in [5, 5.41) is 0. The van der Waals surface area contributed by atoms with Crippen molar-refractivity contribution >= 4 is 39.4 Å². The highest BCUT2D eigenvalue weighted by Gasteiger charge is 2.68. The molecule has 2 fully saturated rings. The largest absolute Gasteiger partial charge is 0.462 e. The Morgan fingerprint density at radius 1 is 1.36 bits per heavy atom. The van der Waals surface area contributed by atoms with Crippen LogP contribution in [0.3, 0.4) is 0 Å². The molecular weight excluding hydrogens is 390 g/mol. The molecule has 0 radical (unpaired) electrons. The summed E-state index contributed by atoms with van der Waals surface area (Å²) >= 11 is 3.42. The van der Waals surface area contributed by atoms with Crippen LogP contribution >= 0.6 is 15.9 Å². The Balaban J connectivity index is 1.70. The van der Waals surface area contributed by atoms with Gasteiger partial charge >= 0.3 is 5.97 Å². The van der Waals surface area contributed by atoms with Crippen LogP contribution in [0.1, 0.15) is 12.5 Å². The molecule has 4 rings (SSSR count). The van der Waals surface area contributed by atoms with Gasteiger partial charge in [-0.05, 0) is 36.8 Å². The maximum Gasteiger partial charge on any atom is 0.302 e. The van der Waals surface area contributed by atoms with E-state index in [1.165, 1.54) is 11.8 Å². The third-order valence-electron chi connectivity index (χ3n) is 5.06. The van der Waals surface area contributed by atoms with Crippen LogP contribution in [-0.2, 0) is 23.9 Å². The summed E-state index contributed by atoms with van der Waals surface area (Å²) in [4.78, 5) is 38.4. The first-order valence-electron chi connectivity index (χ1n) is 7.98. The molecule has 3 heterocycles. The second-order valence-electron chi connectivity index (χ2n) is 6.63. The smallest absolute Gasteiger partial charge is 0.302 e. The van der Waals surface area contributed by atoms with E-state index in [9.17, 15) is 14.4 Å². The van der Waals surface area contributed by atoms with Crippen molar-refractivity contribution in [2.45, 2.75) is 25.6 Å². The first-order valence-corrected chi connectivity index (χ1v) is 8.78. The number of carbonyl (C=O) groups excluding carboxylic acids is 3. The molecule has 7 heteroatoms. The van der Waals surface area contributed by atoms with E-state index in [4.69, 9.17) is 9.47 Å². The monoisotopic (exact) mass is 405 g/mol. The zero-order valence-electron chi connectivity index (χ0n) is 13.7. The van der Waals surface area contributed by atoms with Gasteiger partial charge in [0, 0.05) is 11.4 Å². The predicted octanol–water partition coefficient (Wildman–Crippen LogP) is 2.13. The first-order chi connectivity index (χ1) is 11.8. The van der Waals surface area contributed by atoms with Crippen molar-refractivity contribution in [2.75, 3.05) is 11.5 Å². The quantitative estimate of drug-likeness (QED) is 0.437. The lowest BCUT2D eigenvalue weighted by atomic mass is 9.77. The number of anilines is 1. The van der Waals surface area contributed by atoms with Gasteiger partial charge in [0.05, 0.1) is 23.6 Å². The van der Waals surface area contributed by atoms with Crippen LogP contribution in [0, 0.1) is 18.8 Å². The minimum absolute atomic E-state index is 0.0667. The molecule has 1 aromatic rings. The molecule has 0 aliphatic carbocycles. The van der Waals surface area contributed by atoms with E-state index in [2.05, 4.69) is 15.9 Å². The number of imide groups is 1. The molecule has 25 heavy (non-hydrogen) atoms. The Morgan fingerprint density at radius 3 is 2.80 bits per heavy atom. The highest BCUT2D eigenvalue weighted by molar-refractivity contribution is 9.10. The second kappa shape index (κ2) is 5.51. The standard InChI is InChI=1S/C18H16BrNO5/c1-9-7-11(3-4-12(9)19)20-16(22)14-13-5-6-18(25-13,8-24-10(2)21)15(14)17(20)23/h3-7,13-15H,8H2,1-2H3/t13-,14-,15+,18-/m0/s1. The van der Waals surface area contributed by atoms with Crippen molar-refractivity contribution in [3.05, 3.63) is 40.4 Å². The number of aryl methyl sites for hydroxylation is 1. The van der Waals surface area contributed by atoms with Gasteiger partial charge < -0.3 is 9.47 Å². The van der Waals surface area contributed by atoms with E-state index >= 15 is 0 Å². The molecule has 2 saturated heterocycles. The van der Waals surface area contributed by atoms with Gasteiger partial charge in [-0.1, -0.05) is 22.0 Å². The molecule has 0 unspecified atom stereocenters. The highest BCUT2D eigenvalue weighted by Crippen LogP contribution is 2.52. The summed E-state index contributed by atoms with van der Waals surface area (Å²) in [5.41, 5.74) is 0.432. The van der Waals surface area contributed by atoms with Crippen LogP contribution in [0.4, 0.5) is 5.69 Å². The molecule has 0 saturated carbocycles. The Kier molecular flexibility index (Phi) is 3.63. The van der Waals surface area contributed by atoms with Crippen LogP contribution in [-0.4, -0.2) is 36.1 Å². The number of rotatable bonds is 3. The number of hydrogen-bond donors (Lipinski definition) is 0. The van der Waals surface area contributed by atoms with E-state index in [1.807, 2.05) is 13.0 Å². The van der Waals surface area contributed by atoms with Crippen molar-refractivity contribution in [1.82, 2.24) is 0 Å². The van der Waals surface area contributed by atoms with Crippen molar-refractivity contribution in [3.63, 3.8) is 0 Å². The number of nitrogens with zero attached hydrogens (tertiary/aromatic N) is 1. The lowest BCUT2D eigenvalue weighted by molar-refractivity contribution is -0.150. The summed E-state index contributed by atoms with van der Waals surface area (Å²) in [6.07, 6.45) is 3.08. The average Bonchev–Trinajstić information content (AvgIpc) is 3.20. The molecule has 130 valence electrons. The number of halogens is 1. The molecular formula is C18H16BrNO5. The van der Waals surface area contributed by atoms with Crippen LogP contribution in [0.2, 0.25) is 0 Å². The number of carbonyl (C=O) groups is 3. The molecule has 0 spiro atoms. The van der Waals surface area contributed by atoms with Gasteiger partial charge in [-0.25, -0.2) is 4.90 Å². The summed E-state index contributed by atoms with van der Waals surface area (Å²) in [6.45, 7) is 3.14. The van der Waals surface area contributed by atoms with Gasteiger partial charge in [0.15, 0.2) is 0 Å². The van der Waals surface area contributed by atoms with Crippen LogP contribution < -0.4 is 4.90 Å². The van der Waals surface area contributed by atoms with Gasteiger partial charge in [-0.2, -0.15) is 0 Å². The highest BCUT2D eigenvalue weighted by atomic mass is 79.9. The Bertz CT molecular complexity index is 835. The molecule has 0 aromatic heterocycles. The fourth-order valence-corrected chi connectivity index (χ4v) is 4.15. The molecule has 6 nitrogen and oxygen atoms in total. The third kappa shape index (κ3) is 2.29. The number of hydrogen-bond acceptors (Lipinski definition) is 5. The molecule has 2 bridgehead atoms. The molecule has 3 aliphatic heterocycles. The van der Waals surface area contributed by atoms with Crippen molar-refractivity contribution < 1.29 is 23.9 Å². The number of esters is 1. The van der Waals surface area contributed by atoms with Crippen LogP contribution in [0.5, 0.6) is 0 Å². The number of benzene rings is 1. The van der Waals surface area contributed by atoms with E-state index in [0.29, 0.717) is 5.69 Å². The van der Waals surface area contributed by atoms with Crippen LogP contribution in [0.15, 0.2) is 34.8 Å². The van der Waals surface area contributed by atoms with Gasteiger partial charge in [0.2, 0.25) is 11.8 Å². The number of ether oxygens (including phenoxy) is 2. The lowest BCUT2D eigenvalue weighted by Gasteiger charge is -2.28. The Hall–Kier alpha value is -1.99. The predicted molar refractivity (Wildman–Crippen MR) is 91.7 cm³/mol. The summed E-state index contributed by atoms with van der Waals surface area (Å²) in [7, 11) is 0. The summed E-state index contributed by atoms with van der Waals surface area (Å²) < 4.78 is 11.9. The minimum atomic E-state index is -1.05. The minimum Gasteiger partial charge on any atom is -0.462 e. The fourth-order valence-electron chi connectivity index (χ4n) is 3.90. The van der Waals surface area contributed by atoms with Crippen molar-refractivity contribution in [3.8, 4) is 0 Å². The maximum absolute atomic E-state index is 13.1. The van der Waals surface area contributed by atoms with Crippen LogP contribution in [0.25, 0.3) is 0 Å². The molecule has 2 amide bonds. The van der Waals surface area contributed by atoms with E-state index in [0.717, 1.165) is 10.0 Å². The van der Waals surface area contributed by atoms with Crippen molar-refractivity contribution in [2.24, 2.45) is 11.8 Å². The Morgan fingerprint density at radius 2 is 2.12 bits per heavy atom. The van der Waals surface area contributed by atoms with E-state index in [1.54, 1.807) is 24.3 Å². The maximum atomic E-state index is 13.1. The fraction of sp³-hybridized carbons (Fsp3) is 0.389.